The number of piperidine rings is 2. The summed E-state index contributed by atoms with van der Waals surface area (Å²) < 4.78 is 37.4. The van der Waals surface area contributed by atoms with E-state index in [1.807, 2.05) is 88.7 Å². The summed E-state index contributed by atoms with van der Waals surface area (Å²) in [5, 5.41) is 29.4. The Bertz CT molecular complexity index is 3750. The van der Waals surface area contributed by atoms with Gasteiger partial charge in [-0.2, -0.15) is 0 Å². The van der Waals surface area contributed by atoms with Gasteiger partial charge in [0, 0.05) is 122 Å². The van der Waals surface area contributed by atoms with Crippen LogP contribution in [0.1, 0.15) is 140 Å². The van der Waals surface area contributed by atoms with E-state index in [0.717, 1.165) is 110 Å². The summed E-state index contributed by atoms with van der Waals surface area (Å²) in [5.74, 6) is -0.829. The van der Waals surface area contributed by atoms with E-state index in [4.69, 9.17) is 4.74 Å². The largest absolute Gasteiger partial charge is 0.392 e. The van der Waals surface area contributed by atoms with Gasteiger partial charge in [0.2, 0.25) is 29.5 Å². The number of anilines is 3. The van der Waals surface area contributed by atoms with E-state index < -0.39 is 46.2 Å². The van der Waals surface area contributed by atoms with Crippen LogP contribution in [0.5, 0.6) is 0 Å². The Morgan fingerprint density at radius 1 is 0.784 bits per heavy atom. The van der Waals surface area contributed by atoms with Crippen LogP contribution in [-0.2, 0) is 53.1 Å². The van der Waals surface area contributed by atoms with Crippen molar-refractivity contribution in [2.45, 2.75) is 162 Å². The van der Waals surface area contributed by atoms with Crippen LogP contribution in [0.3, 0.4) is 0 Å². The van der Waals surface area contributed by atoms with Gasteiger partial charge < -0.3 is 66.1 Å². The first kappa shape index (κ1) is 75.6. The minimum Gasteiger partial charge on any atom is -0.392 e. The molecular weight excluding hydrogens is 1320 g/mol. The van der Waals surface area contributed by atoms with Crippen molar-refractivity contribution in [3.8, 4) is 10.4 Å². The van der Waals surface area contributed by atoms with Crippen LogP contribution in [0.25, 0.3) is 10.4 Å². The number of halogens is 2. The number of aldehydes is 1. The molecule has 1 unspecified atom stereocenters. The van der Waals surface area contributed by atoms with Gasteiger partial charge in [-0.1, -0.05) is 83.1 Å². The van der Waals surface area contributed by atoms with Crippen LogP contribution in [0.2, 0.25) is 0 Å². The molecule has 11 rings (SSSR count). The highest BCUT2D eigenvalue weighted by atomic mass is 32.1. The fraction of sp³-hybridized carbons (Fsp3) is 0.592. The zero-order valence-electron chi connectivity index (χ0n) is 60.5. The summed E-state index contributed by atoms with van der Waals surface area (Å²) in [6.07, 6.45) is 7.18. The molecule has 2 aromatic heterocycles. The van der Waals surface area contributed by atoms with Gasteiger partial charge in [0.15, 0.2) is 0 Å². The molecule has 0 radical (unpaired) electrons. The molecule has 6 aliphatic rings. The monoisotopic (exact) mass is 1430 g/mol. The van der Waals surface area contributed by atoms with Crippen LogP contribution in [0, 0.1) is 34.8 Å². The third kappa shape index (κ3) is 19.4. The van der Waals surface area contributed by atoms with E-state index in [1.54, 1.807) is 21.1 Å². The molecule has 0 bridgehead atoms. The molecule has 552 valence electrons. The van der Waals surface area contributed by atoms with Crippen LogP contribution < -0.4 is 41.7 Å². The lowest BCUT2D eigenvalue weighted by Gasteiger charge is -2.48. The second-order valence-corrected chi connectivity index (χ2v) is 32.2. The van der Waals surface area contributed by atoms with Crippen molar-refractivity contribution >= 4 is 64.5 Å². The average Bonchev–Trinajstić information content (AvgIpc) is 1.16. The van der Waals surface area contributed by atoms with E-state index >= 15 is 8.78 Å². The molecule has 5 atom stereocenters. The topological polar surface area (TPSA) is 262 Å². The van der Waals surface area contributed by atoms with Crippen molar-refractivity contribution in [1.82, 2.24) is 61.1 Å². The first-order valence-corrected chi connectivity index (χ1v) is 37.3. The third-order valence-electron chi connectivity index (χ3n) is 22.1. The molecule has 0 aliphatic carbocycles. The number of carbonyl (C=O) groups excluding carboxylic acids is 6. The van der Waals surface area contributed by atoms with Gasteiger partial charge in [0.25, 0.3) is 0 Å². The Labute approximate surface area is 603 Å². The number of nitrogens with one attached hydrogen (secondary N) is 6. The molecule has 6 aliphatic heterocycles. The molecule has 8 heterocycles. The normalized spacial score (nSPS) is 22.0. The zero-order valence-corrected chi connectivity index (χ0v) is 61.3. The van der Waals surface area contributed by atoms with Crippen molar-refractivity contribution < 1.29 is 47.4 Å². The van der Waals surface area contributed by atoms with Gasteiger partial charge in [0.1, 0.15) is 41.4 Å². The van der Waals surface area contributed by atoms with Crippen molar-refractivity contribution in [2.75, 3.05) is 127 Å². The molecule has 0 saturated carbocycles. The first-order valence-electron chi connectivity index (χ1n) is 36.5. The smallest absolute Gasteiger partial charge is 0.240 e. The molecule has 3 aromatic carbocycles. The summed E-state index contributed by atoms with van der Waals surface area (Å²) >= 11 is 1.57. The number of amides is 5. The van der Waals surface area contributed by atoms with E-state index in [-0.39, 0.29) is 91.6 Å². The number of nitrogens with zero attached hydrogens (tertiary/aromatic N) is 9. The molecular formula is C76H105F2N15O8S. The van der Waals surface area contributed by atoms with Crippen molar-refractivity contribution in [3.05, 3.63) is 118 Å². The van der Waals surface area contributed by atoms with Gasteiger partial charge in [-0.25, -0.2) is 23.7 Å². The van der Waals surface area contributed by atoms with Crippen LogP contribution in [-0.4, -0.2) is 210 Å². The highest BCUT2D eigenvalue weighted by Crippen LogP contribution is 2.41. The van der Waals surface area contributed by atoms with Gasteiger partial charge >= 0.3 is 0 Å². The number of aryl methyl sites for hydroxylation is 1. The second kappa shape index (κ2) is 33.0. The van der Waals surface area contributed by atoms with E-state index in [0.29, 0.717) is 96.0 Å². The summed E-state index contributed by atoms with van der Waals surface area (Å²) in [5.41, 5.74) is 4.84. The molecule has 2 spiro atoms. The van der Waals surface area contributed by atoms with E-state index in [2.05, 4.69) is 86.4 Å². The van der Waals surface area contributed by atoms with Crippen LogP contribution >= 0.6 is 11.3 Å². The number of hydrogen-bond donors (Lipinski definition) is 7. The molecule has 7 N–H and O–H groups in total. The summed E-state index contributed by atoms with van der Waals surface area (Å²) in [6, 6.07) is 19.5. The molecule has 6 fully saturated rings. The molecule has 5 amide bonds. The zero-order chi connectivity index (χ0) is 72.4. The number of hydrogen-bond acceptors (Lipinski definition) is 19. The van der Waals surface area contributed by atoms with Crippen LogP contribution in [0.4, 0.5) is 26.1 Å². The second-order valence-electron chi connectivity index (χ2n) is 31.3. The fourth-order valence-electron chi connectivity index (χ4n) is 15.5. The predicted molar refractivity (Wildman–Crippen MR) is 390 cm³/mol. The minimum atomic E-state index is -1.43. The van der Waals surface area contributed by atoms with Gasteiger partial charge in [0.05, 0.1) is 65.3 Å². The summed E-state index contributed by atoms with van der Waals surface area (Å²) in [6.45, 7) is 24.9. The lowest BCUT2D eigenvalue weighted by Crippen LogP contribution is -2.66. The maximum atomic E-state index is 15.8. The van der Waals surface area contributed by atoms with Gasteiger partial charge in [-0.15, -0.1) is 11.3 Å². The Balaban J connectivity index is 0.539. The Morgan fingerprint density at radius 2 is 1.48 bits per heavy atom. The highest BCUT2D eigenvalue weighted by Gasteiger charge is 2.49. The Hall–Kier alpha value is -7.59. The molecule has 5 aromatic rings. The van der Waals surface area contributed by atoms with E-state index in [9.17, 15) is 33.9 Å². The van der Waals surface area contributed by atoms with Gasteiger partial charge in [-0.3, -0.25) is 33.8 Å². The SMILES string of the molecule is Cc1ncsc1-c1ccc([C@H](C)NC(=O)[C@@H]2C[C@@H](O)CN2CC(C=O)(NC(=O)CCC(=O)NCCOCCN2CC[C@@]3(CCN(CCC(=O)NCc4cccc(CNc5cc(N6CCC7(CC6)CN(c6cc(F)c(CN8CCC(C)(C)CC8)cc6F)CC(=O)N7)ncn5)c4)C3)C2)C(C)(C)C)cc1. The average molecular weight is 1430 g/mol. The number of aliphatic hydroxyl groups is 1. The van der Waals surface area contributed by atoms with E-state index in [1.165, 1.54) is 18.5 Å². The fourth-order valence-corrected chi connectivity index (χ4v) is 16.3. The lowest BCUT2D eigenvalue weighted by atomic mass is 9.73. The quantitative estimate of drug-likeness (QED) is 0.0186. The number of rotatable bonds is 29. The first-order chi connectivity index (χ1) is 48.7. The summed E-state index contributed by atoms with van der Waals surface area (Å²) in [7, 11) is 0. The third-order valence-corrected chi connectivity index (χ3v) is 23.1. The molecule has 102 heavy (non-hydrogen) atoms. The van der Waals surface area contributed by atoms with Crippen molar-refractivity contribution in [1.29, 1.82) is 0 Å². The number of thiazole rings is 1. The maximum absolute atomic E-state index is 15.8. The Kier molecular flexibility index (Phi) is 24.5. The summed E-state index contributed by atoms with van der Waals surface area (Å²) in [4.78, 5) is 107. The van der Waals surface area contributed by atoms with Crippen molar-refractivity contribution in [3.63, 3.8) is 0 Å². The maximum Gasteiger partial charge on any atom is 0.240 e. The standard InChI is InChI=1S/C76H105F2N15O8S/c1-52(56-11-13-57(14-12-56)70-53(2)84-51-102-70)85-71(100)63-37-59(95)43-92(63)48-76(49-94,72(3,4)5)87-68(98)16-15-66(96)79-24-33-101-34-32-90-29-21-74(46-90)20-28-89(45-74)25-17-67(97)81-41-55-10-8-9-54(35-55)40-80-64-39-65(83-50-82-64)91-30-22-75(23-31-91)47-93(44-69(99)86-75)62-38-60(77)58(36-61(62)78)42-88-26-18-73(6,7)19-27-88/h8-14,35-36,38-39,49-52,59,63,95H,15-34,37,40-48H2,1-7H3,(H,79,96)(H,81,97)(H,85,100)(H,86,99)(H,87,98)(H,80,82,83)/t52-,59+,63-,74+,76?/m0/s1. The molecule has 6 saturated heterocycles. The Morgan fingerprint density at radius 3 is 2.19 bits per heavy atom. The minimum absolute atomic E-state index is 0.00668. The predicted octanol–water partition coefficient (Wildman–Crippen LogP) is 7.13. The number of ether oxygens (including phenoxy) is 1. The number of β-amino-alcohol motifs (C(OH)–C–C–N with tert-alkyl or cyclic N) is 1. The number of benzene rings is 3. The molecule has 23 nitrogen and oxygen atoms in total. The number of aliphatic hydroxyl groups excluding tert-OH is 1. The lowest BCUT2D eigenvalue weighted by molar-refractivity contribution is -0.134. The number of likely N-dealkylation sites (tertiary alicyclic amines) is 4. The van der Waals surface area contributed by atoms with Crippen LogP contribution in [0.15, 0.2) is 78.6 Å². The molecule has 26 heteroatoms. The number of aromatic nitrogens is 3. The number of carbonyl (C=O) groups is 6. The number of piperazine rings is 1. The van der Waals surface area contributed by atoms with Gasteiger partial charge in [-0.05, 0) is 130 Å². The highest BCUT2D eigenvalue weighted by molar-refractivity contribution is 7.13. The van der Waals surface area contributed by atoms with Crippen molar-refractivity contribution in [2.24, 2.45) is 16.2 Å².